The maximum atomic E-state index is 12.1. The molecule has 4 heteroatoms. The van der Waals surface area contributed by atoms with E-state index in [-0.39, 0.29) is 18.3 Å². The molecule has 0 aliphatic heterocycles. The van der Waals surface area contributed by atoms with E-state index in [1.807, 2.05) is 18.7 Å². The summed E-state index contributed by atoms with van der Waals surface area (Å²) in [6, 6.07) is 0. The van der Waals surface area contributed by atoms with E-state index in [0.717, 1.165) is 25.9 Å². The number of hydrogen-bond donors (Lipinski definition) is 1. The second kappa shape index (κ2) is 7.91. The predicted molar refractivity (Wildman–Crippen MR) is 71.8 cm³/mol. The molecule has 0 heterocycles. The van der Waals surface area contributed by atoms with Crippen LogP contribution in [0.2, 0.25) is 0 Å². The highest BCUT2D eigenvalue weighted by Crippen LogP contribution is 2.13. The molecule has 0 aliphatic rings. The molecule has 0 rings (SSSR count). The number of likely N-dealkylation sites (N-methyl/N-ethyl adjacent to an activating group) is 1. The third-order valence-electron chi connectivity index (χ3n) is 2.51. The summed E-state index contributed by atoms with van der Waals surface area (Å²) in [4.78, 5) is 14.0. The summed E-state index contributed by atoms with van der Waals surface area (Å²) in [5.74, 6) is 0.576. The summed E-state index contributed by atoms with van der Waals surface area (Å²) in [5.41, 5.74) is 5.34. The van der Waals surface area contributed by atoms with Crippen LogP contribution >= 0.6 is 12.4 Å². The van der Waals surface area contributed by atoms with Gasteiger partial charge in [0.05, 0.1) is 5.54 Å². The van der Waals surface area contributed by atoms with Crippen LogP contribution in [0.1, 0.15) is 47.5 Å². The summed E-state index contributed by atoms with van der Waals surface area (Å²) in [6.07, 6.45) is 1.69. The Morgan fingerprint density at radius 2 is 1.88 bits per heavy atom. The average molecular weight is 251 g/mol. The molecule has 0 bridgehead atoms. The van der Waals surface area contributed by atoms with Gasteiger partial charge in [-0.3, -0.25) is 4.79 Å². The van der Waals surface area contributed by atoms with E-state index >= 15 is 0 Å². The van der Waals surface area contributed by atoms with Gasteiger partial charge in [-0.15, -0.1) is 12.4 Å². The predicted octanol–water partition coefficient (Wildman–Crippen LogP) is 2.43. The van der Waals surface area contributed by atoms with E-state index in [4.69, 9.17) is 5.73 Å². The molecular formula is C12H27ClN2O. The van der Waals surface area contributed by atoms with Gasteiger partial charge in [0.15, 0.2) is 0 Å². The van der Waals surface area contributed by atoms with Crippen molar-refractivity contribution in [2.24, 2.45) is 11.7 Å². The third kappa shape index (κ3) is 5.71. The summed E-state index contributed by atoms with van der Waals surface area (Å²) < 4.78 is 0. The van der Waals surface area contributed by atoms with Crippen molar-refractivity contribution in [3.63, 3.8) is 0 Å². The first-order chi connectivity index (χ1) is 6.85. The molecule has 0 saturated heterocycles. The van der Waals surface area contributed by atoms with Gasteiger partial charge in [-0.25, -0.2) is 0 Å². The van der Waals surface area contributed by atoms with Crippen LogP contribution in [0, 0.1) is 5.92 Å². The minimum Gasteiger partial charge on any atom is -0.341 e. The molecule has 0 aromatic heterocycles. The Morgan fingerprint density at radius 1 is 1.38 bits per heavy atom. The number of amides is 1. The lowest BCUT2D eigenvalue weighted by atomic mass is 9.95. The smallest absolute Gasteiger partial charge is 0.242 e. The SMILES string of the molecule is CCCC(C)(N)C(=O)N(CC)CC(C)C.Cl. The van der Waals surface area contributed by atoms with E-state index in [9.17, 15) is 4.79 Å². The second-order valence-electron chi connectivity index (χ2n) is 4.91. The van der Waals surface area contributed by atoms with Crippen molar-refractivity contribution in [2.75, 3.05) is 13.1 Å². The van der Waals surface area contributed by atoms with Gasteiger partial charge in [0, 0.05) is 13.1 Å². The van der Waals surface area contributed by atoms with Gasteiger partial charge < -0.3 is 10.6 Å². The lowest BCUT2D eigenvalue weighted by molar-refractivity contribution is -0.137. The first-order valence-corrected chi connectivity index (χ1v) is 5.93. The summed E-state index contributed by atoms with van der Waals surface area (Å²) in [5, 5.41) is 0. The fourth-order valence-corrected chi connectivity index (χ4v) is 1.78. The summed E-state index contributed by atoms with van der Waals surface area (Å²) in [6.45, 7) is 11.7. The molecule has 0 radical (unpaired) electrons. The lowest BCUT2D eigenvalue weighted by Crippen LogP contribution is -2.53. The molecule has 1 atom stereocenters. The molecule has 0 saturated carbocycles. The summed E-state index contributed by atoms with van der Waals surface area (Å²) >= 11 is 0. The zero-order valence-electron chi connectivity index (χ0n) is 11.2. The Labute approximate surface area is 106 Å². The highest BCUT2D eigenvalue weighted by molar-refractivity contribution is 5.85. The van der Waals surface area contributed by atoms with Crippen molar-refractivity contribution < 1.29 is 4.79 Å². The second-order valence-corrected chi connectivity index (χ2v) is 4.91. The van der Waals surface area contributed by atoms with Gasteiger partial charge in [0.2, 0.25) is 5.91 Å². The minimum absolute atomic E-state index is 0. The highest BCUT2D eigenvalue weighted by atomic mass is 35.5. The molecule has 0 aromatic rings. The van der Waals surface area contributed by atoms with Crippen LogP contribution in [0.5, 0.6) is 0 Å². The highest BCUT2D eigenvalue weighted by Gasteiger charge is 2.31. The number of halogens is 1. The van der Waals surface area contributed by atoms with E-state index in [1.165, 1.54) is 0 Å². The van der Waals surface area contributed by atoms with Crippen molar-refractivity contribution in [3.05, 3.63) is 0 Å². The Kier molecular flexibility index (Phi) is 8.94. The largest absolute Gasteiger partial charge is 0.341 e. The zero-order chi connectivity index (χ0) is 12.1. The van der Waals surface area contributed by atoms with Crippen molar-refractivity contribution in [1.82, 2.24) is 4.90 Å². The van der Waals surface area contributed by atoms with Crippen molar-refractivity contribution in [3.8, 4) is 0 Å². The van der Waals surface area contributed by atoms with Gasteiger partial charge in [0.25, 0.3) is 0 Å². The number of carbonyl (C=O) groups is 1. The van der Waals surface area contributed by atoms with Crippen LogP contribution in [0.15, 0.2) is 0 Å². The van der Waals surface area contributed by atoms with E-state index < -0.39 is 5.54 Å². The fourth-order valence-electron chi connectivity index (χ4n) is 1.78. The number of carbonyl (C=O) groups excluding carboxylic acids is 1. The van der Waals surface area contributed by atoms with Crippen LogP contribution in [-0.2, 0) is 4.79 Å². The van der Waals surface area contributed by atoms with Gasteiger partial charge in [-0.1, -0.05) is 27.2 Å². The Balaban J connectivity index is 0. The fraction of sp³-hybridized carbons (Fsp3) is 0.917. The molecule has 0 aromatic carbocycles. The first-order valence-electron chi connectivity index (χ1n) is 5.93. The van der Waals surface area contributed by atoms with Gasteiger partial charge in [-0.2, -0.15) is 0 Å². The van der Waals surface area contributed by atoms with E-state index in [1.54, 1.807) is 0 Å². The van der Waals surface area contributed by atoms with E-state index in [0.29, 0.717) is 5.92 Å². The van der Waals surface area contributed by atoms with Gasteiger partial charge in [-0.05, 0) is 26.2 Å². The molecule has 98 valence electrons. The van der Waals surface area contributed by atoms with Crippen molar-refractivity contribution in [1.29, 1.82) is 0 Å². The molecule has 1 unspecified atom stereocenters. The topological polar surface area (TPSA) is 46.3 Å². The normalized spacial score (nSPS) is 14.2. The van der Waals surface area contributed by atoms with Crippen LogP contribution in [0.3, 0.4) is 0 Å². The Bertz CT molecular complexity index is 205. The first kappa shape index (κ1) is 18.1. The molecule has 0 spiro atoms. The monoisotopic (exact) mass is 250 g/mol. The standard InChI is InChI=1S/C12H26N2O.ClH/c1-6-8-12(5,13)11(15)14(7-2)9-10(3)4;/h10H,6-9,13H2,1-5H3;1H. The minimum atomic E-state index is -0.695. The molecular weight excluding hydrogens is 224 g/mol. The third-order valence-corrected chi connectivity index (χ3v) is 2.51. The van der Waals surface area contributed by atoms with Crippen LogP contribution in [0.4, 0.5) is 0 Å². The molecule has 16 heavy (non-hydrogen) atoms. The summed E-state index contributed by atoms with van der Waals surface area (Å²) in [7, 11) is 0. The maximum absolute atomic E-state index is 12.1. The van der Waals surface area contributed by atoms with Crippen molar-refractivity contribution in [2.45, 2.75) is 53.0 Å². The molecule has 2 N–H and O–H groups in total. The van der Waals surface area contributed by atoms with Crippen LogP contribution in [-0.4, -0.2) is 29.4 Å². The molecule has 0 aliphatic carbocycles. The number of rotatable bonds is 6. The number of nitrogens with two attached hydrogens (primary N) is 1. The van der Waals surface area contributed by atoms with Gasteiger partial charge >= 0.3 is 0 Å². The molecule has 0 fully saturated rings. The van der Waals surface area contributed by atoms with Crippen LogP contribution in [0.25, 0.3) is 0 Å². The molecule has 3 nitrogen and oxygen atoms in total. The number of nitrogens with zero attached hydrogens (tertiary/aromatic N) is 1. The Morgan fingerprint density at radius 3 is 2.19 bits per heavy atom. The van der Waals surface area contributed by atoms with E-state index in [2.05, 4.69) is 20.8 Å². The lowest BCUT2D eigenvalue weighted by Gasteiger charge is -2.32. The Hall–Kier alpha value is -0.280. The average Bonchev–Trinajstić information content (AvgIpc) is 2.12. The van der Waals surface area contributed by atoms with Crippen LogP contribution < -0.4 is 5.73 Å². The zero-order valence-corrected chi connectivity index (χ0v) is 12.1. The van der Waals surface area contributed by atoms with Gasteiger partial charge in [0.1, 0.15) is 0 Å². The maximum Gasteiger partial charge on any atom is 0.242 e. The number of hydrogen-bond acceptors (Lipinski definition) is 2. The quantitative estimate of drug-likeness (QED) is 0.787. The van der Waals surface area contributed by atoms with Crippen molar-refractivity contribution >= 4 is 18.3 Å². The molecule has 1 amide bonds.